The molecule has 0 bridgehead atoms. The van der Waals surface area contributed by atoms with Crippen LogP contribution in [-0.2, 0) is 14.3 Å². The van der Waals surface area contributed by atoms with E-state index in [4.69, 9.17) is 4.74 Å². The summed E-state index contributed by atoms with van der Waals surface area (Å²) in [6.45, 7) is 9.41. The Kier molecular flexibility index (Phi) is 5.79. The first-order chi connectivity index (χ1) is 8.95. The van der Waals surface area contributed by atoms with Crippen molar-refractivity contribution in [1.29, 1.82) is 0 Å². The highest BCUT2D eigenvalue weighted by Gasteiger charge is 2.45. The van der Waals surface area contributed by atoms with Crippen molar-refractivity contribution in [1.82, 2.24) is 10.2 Å². The van der Waals surface area contributed by atoms with Gasteiger partial charge in [-0.2, -0.15) is 0 Å². The zero-order valence-electron chi connectivity index (χ0n) is 12.5. The highest BCUT2D eigenvalue weighted by Crippen LogP contribution is 2.22. The van der Waals surface area contributed by atoms with Crippen molar-refractivity contribution in [3.8, 4) is 0 Å². The molecule has 0 aromatic heterocycles. The van der Waals surface area contributed by atoms with Crippen LogP contribution in [0.2, 0.25) is 0 Å². The predicted octanol–water partition coefficient (Wildman–Crippen LogP) is 1.32. The average molecular weight is 270 g/mol. The fourth-order valence-corrected chi connectivity index (χ4v) is 2.33. The summed E-state index contributed by atoms with van der Waals surface area (Å²) in [6, 6.07) is -0.363. The molecule has 1 heterocycles. The molecular formula is C14H26N2O3. The first-order valence-electron chi connectivity index (χ1n) is 7.15. The van der Waals surface area contributed by atoms with E-state index in [9.17, 15) is 9.59 Å². The third kappa shape index (κ3) is 3.69. The number of rotatable bonds is 7. The molecule has 0 aromatic carbocycles. The Hall–Kier alpha value is -1.10. The molecule has 0 aliphatic carbocycles. The van der Waals surface area contributed by atoms with Crippen molar-refractivity contribution in [3.63, 3.8) is 0 Å². The van der Waals surface area contributed by atoms with Gasteiger partial charge in [0.05, 0.1) is 0 Å². The van der Waals surface area contributed by atoms with E-state index in [2.05, 4.69) is 5.32 Å². The second-order valence-corrected chi connectivity index (χ2v) is 5.41. The van der Waals surface area contributed by atoms with Crippen LogP contribution in [0.4, 0.5) is 0 Å². The number of carbonyl (C=O) groups excluding carboxylic acids is 2. The summed E-state index contributed by atoms with van der Waals surface area (Å²) in [5.74, 6) is -0.0371. The fraction of sp³-hybridized carbons (Fsp3) is 0.857. The highest BCUT2D eigenvalue weighted by molar-refractivity contribution is 5.99. The summed E-state index contributed by atoms with van der Waals surface area (Å²) >= 11 is 0. The molecule has 2 amide bonds. The number of nitrogens with zero attached hydrogens (tertiary/aromatic N) is 1. The zero-order chi connectivity index (χ0) is 14.5. The molecule has 0 spiro atoms. The minimum Gasteiger partial charge on any atom is -0.382 e. The lowest BCUT2D eigenvalue weighted by molar-refractivity contribution is -0.155. The third-order valence-electron chi connectivity index (χ3n) is 3.55. The maximum atomic E-state index is 12.4. The topological polar surface area (TPSA) is 58.6 Å². The van der Waals surface area contributed by atoms with Crippen LogP contribution in [0.25, 0.3) is 0 Å². The molecule has 1 saturated heterocycles. The molecule has 0 radical (unpaired) electrons. The van der Waals surface area contributed by atoms with Crippen LogP contribution in [0.5, 0.6) is 0 Å². The van der Waals surface area contributed by atoms with Crippen LogP contribution < -0.4 is 5.32 Å². The van der Waals surface area contributed by atoms with Gasteiger partial charge in [-0.15, -0.1) is 0 Å². The molecule has 5 heteroatoms. The van der Waals surface area contributed by atoms with Gasteiger partial charge >= 0.3 is 0 Å². The van der Waals surface area contributed by atoms with Gasteiger partial charge in [0.1, 0.15) is 11.6 Å². The van der Waals surface area contributed by atoms with Gasteiger partial charge < -0.3 is 15.0 Å². The number of hydrogen-bond acceptors (Lipinski definition) is 3. The van der Waals surface area contributed by atoms with E-state index < -0.39 is 5.54 Å². The Morgan fingerprint density at radius 3 is 2.58 bits per heavy atom. The molecule has 0 aromatic rings. The van der Waals surface area contributed by atoms with Crippen molar-refractivity contribution < 1.29 is 14.3 Å². The van der Waals surface area contributed by atoms with E-state index in [0.717, 1.165) is 12.8 Å². The Bertz CT molecular complexity index is 329. The van der Waals surface area contributed by atoms with Gasteiger partial charge in [-0.1, -0.05) is 13.3 Å². The van der Waals surface area contributed by atoms with Crippen LogP contribution in [0.3, 0.4) is 0 Å². The van der Waals surface area contributed by atoms with E-state index in [1.807, 2.05) is 13.8 Å². The van der Waals surface area contributed by atoms with Crippen LogP contribution in [0, 0.1) is 0 Å². The standard InChI is InChI=1S/C14H26N2O3/c1-5-8-11-12(17)16(9-7-10-19-6-2)14(3,4)13(18)15-11/h11H,5-10H2,1-4H3,(H,15,18). The summed E-state index contributed by atoms with van der Waals surface area (Å²) in [5, 5.41) is 2.83. The number of piperazine rings is 1. The molecule has 1 N–H and O–H groups in total. The molecule has 19 heavy (non-hydrogen) atoms. The molecule has 1 atom stereocenters. The molecule has 1 rings (SSSR count). The van der Waals surface area contributed by atoms with Crippen LogP contribution in [0.15, 0.2) is 0 Å². The van der Waals surface area contributed by atoms with Crippen LogP contribution in [0.1, 0.15) is 47.0 Å². The predicted molar refractivity (Wildman–Crippen MR) is 73.7 cm³/mol. The number of ether oxygens (including phenoxy) is 1. The first-order valence-corrected chi connectivity index (χ1v) is 7.15. The Morgan fingerprint density at radius 1 is 1.32 bits per heavy atom. The number of amides is 2. The van der Waals surface area contributed by atoms with Crippen molar-refractivity contribution in [2.24, 2.45) is 0 Å². The quantitative estimate of drug-likeness (QED) is 0.710. The number of carbonyl (C=O) groups is 2. The summed E-state index contributed by atoms with van der Waals surface area (Å²) < 4.78 is 5.29. The van der Waals surface area contributed by atoms with Gasteiger partial charge in [0.15, 0.2) is 0 Å². The Balaban J connectivity index is 2.70. The second kappa shape index (κ2) is 6.89. The monoisotopic (exact) mass is 270 g/mol. The molecule has 1 aliphatic rings. The summed E-state index contributed by atoms with van der Waals surface area (Å²) in [4.78, 5) is 26.2. The first kappa shape index (κ1) is 16.0. The average Bonchev–Trinajstić information content (AvgIpc) is 2.35. The molecule has 1 aliphatic heterocycles. The van der Waals surface area contributed by atoms with Gasteiger partial charge in [-0.25, -0.2) is 0 Å². The third-order valence-corrected chi connectivity index (χ3v) is 3.55. The van der Waals surface area contributed by atoms with Gasteiger partial charge in [0.25, 0.3) is 0 Å². The van der Waals surface area contributed by atoms with Gasteiger partial charge in [-0.05, 0) is 33.6 Å². The molecule has 110 valence electrons. The van der Waals surface area contributed by atoms with Crippen molar-refractivity contribution in [2.75, 3.05) is 19.8 Å². The number of hydrogen-bond donors (Lipinski definition) is 1. The zero-order valence-corrected chi connectivity index (χ0v) is 12.5. The fourth-order valence-electron chi connectivity index (χ4n) is 2.33. The molecule has 5 nitrogen and oxygen atoms in total. The lowest BCUT2D eigenvalue weighted by atomic mass is 9.94. The second-order valence-electron chi connectivity index (χ2n) is 5.41. The Morgan fingerprint density at radius 2 is 2.00 bits per heavy atom. The molecular weight excluding hydrogens is 244 g/mol. The molecule has 1 fully saturated rings. The van der Waals surface area contributed by atoms with Crippen LogP contribution in [-0.4, -0.2) is 48.1 Å². The molecule has 1 unspecified atom stereocenters. The maximum absolute atomic E-state index is 12.4. The van der Waals surface area contributed by atoms with Crippen LogP contribution >= 0.6 is 0 Å². The lowest BCUT2D eigenvalue weighted by Crippen LogP contribution is -2.68. The van der Waals surface area contributed by atoms with E-state index in [1.165, 1.54) is 0 Å². The largest absolute Gasteiger partial charge is 0.382 e. The van der Waals surface area contributed by atoms with E-state index in [0.29, 0.717) is 26.2 Å². The normalized spacial score (nSPS) is 22.5. The molecule has 0 saturated carbocycles. The summed E-state index contributed by atoms with van der Waals surface area (Å²) in [6.07, 6.45) is 2.33. The smallest absolute Gasteiger partial charge is 0.246 e. The minimum atomic E-state index is -0.770. The SMILES string of the molecule is CCCC1NC(=O)C(C)(C)N(CCCOCC)C1=O. The summed E-state index contributed by atoms with van der Waals surface area (Å²) in [5.41, 5.74) is -0.770. The van der Waals surface area contributed by atoms with E-state index in [-0.39, 0.29) is 17.9 Å². The maximum Gasteiger partial charge on any atom is 0.246 e. The summed E-state index contributed by atoms with van der Waals surface area (Å²) in [7, 11) is 0. The lowest BCUT2D eigenvalue weighted by Gasteiger charge is -2.44. The number of nitrogens with one attached hydrogen (secondary N) is 1. The van der Waals surface area contributed by atoms with Crippen molar-refractivity contribution >= 4 is 11.8 Å². The van der Waals surface area contributed by atoms with Gasteiger partial charge in [0.2, 0.25) is 11.8 Å². The van der Waals surface area contributed by atoms with Crippen molar-refractivity contribution in [2.45, 2.75) is 58.5 Å². The Labute approximate surface area is 115 Å². The van der Waals surface area contributed by atoms with E-state index in [1.54, 1.807) is 18.7 Å². The van der Waals surface area contributed by atoms with Gasteiger partial charge in [0, 0.05) is 19.8 Å². The minimum absolute atomic E-state index is 0.0305. The highest BCUT2D eigenvalue weighted by atomic mass is 16.5. The van der Waals surface area contributed by atoms with Gasteiger partial charge in [-0.3, -0.25) is 9.59 Å². The van der Waals surface area contributed by atoms with E-state index >= 15 is 0 Å². The van der Waals surface area contributed by atoms with Crippen molar-refractivity contribution in [3.05, 3.63) is 0 Å².